The van der Waals surface area contributed by atoms with Gasteiger partial charge < -0.3 is 5.32 Å². The summed E-state index contributed by atoms with van der Waals surface area (Å²) >= 11 is 0. The summed E-state index contributed by atoms with van der Waals surface area (Å²) < 4.78 is 0. The van der Waals surface area contributed by atoms with Gasteiger partial charge in [0.05, 0.1) is 6.42 Å². The van der Waals surface area contributed by atoms with Crippen LogP contribution in [-0.4, -0.2) is 30.3 Å². The molecule has 1 fully saturated rings. The van der Waals surface area contributed by atoms with E-state index in [1.165, 1.54) is 23.3 Å². The van der Waals surface area contributed by atoms with Gasteiger partial charge in [-0.25, -0.2) is 0 Å². The van der Waals surface area contributed by atoms with Crippen LogP contribution in [0.3, 0.4) is 0 Å². The lowest BCUT2D eigenvalue weighted by atomic mass is 9.92. The molecular formula is C17H22N2O2. The molecule has 1 heterocycles. The molecule has 112 valence electrons. The number of fused-ring (bicyclic) bond motifs is 1. The number of imide groups is 1. The van der Waals surface area contributed by atoms with Crippen LogP contribution in [0.4, 0.5) is 0 Å². The predicted octanol–water partition coefficient (Wildman–Crippen LogP) is 2.29. The van der Waals surface area contributed by atoms with E-state index in [1.807, 2.05) is 12.1 Å². The van der Waals surface area contributed by atoms with Crippen molar-refractivity contribution in [1.82, 2.24) is 10.2 Å². The Labute approximate surface area is 125 Å². The quantitative estimate of drug-likeness (QED) is 0.845. The van der Waals surface area contributed by atoms with Gasteiger partial charge in [-0.3, -0.25) is 14.5 Å². The van der Waals surface area contributed by atoms with Crippen LogP contribution < -0.4 is 5.32 Å². The van der Waals surface area contributed by atoms with E-state index in [0.717, 1.165) is 24.4 Å². The molecule has 21 heavy (non-hydrogen) atoms. The lowest BCUT2D eigenvalue weighted by Gasteiger charge is -2.25. The van der Waals surface area contributed by atoms with E-state index in [9.17, 15) is 9.59 Å². The second-order valence-corrected chi connectivity index (χ2v) is 6.14. The summed E-state index contributed by atoms with van der Waals surface area (Å²) in [5.41, 5.74) is 2.71. The minimum Gasteiger partial charge on any atom is -0.310 e. The van der Waals surface area contributed by atoms with Gasteiger partial charge in [-0.1, -0.05) is 31.9 Å². The zero-order valence-electron chi connectivity index (χ0n) is 12.7. The molecule has 1 saturated carbocycles. The highest BCUT2D eigenvalue weighted by molar-refractivity contribution is 6.09. The Balaban J connectivity index is 1.90. The zero-order valence-corrected chi connectivity index (χ0v) is 12.7. The third-order valence-electron chi connectivity index (χ3n) is 4.50. The van der Waals surface area contributed by atoms with Crippen LogP contribution in [0.5, 0.6) is 0 Å². The van der Waals surface area contributed by atoms with Crippen molar-refractivity contribution in [2.24, 2.45) is 5.92 Å². The van der Waals surface area contributed by atoms with Gasteiger partial charge in [0.1, 0.15) is 0 Å². The number of carbonyl (C=O) groups is 2. The van der Waals surface area contributed by atoms with E-state index in [2.05, 4.69) is 18.3 Å². The van der Waals surface area contributed by atoms with Crippen LogP contribution in [0.25, 0.3) is 0 Å². The second kappa shape index (κ2) is 5.60. The highest BCUT2D eigenvalue weighted by Gasteiger charge is 2.30. The number of carbonyl (C=O) groups excluding carboxylic acids is 2. The topological polar surface area (TPSA) is 49.4 Å². The van der Waals surface area contributed by atoms with Crippen LogP contribution in [0, 0.1) is 5.92 Å². The summed E-state index contributed by atoms with van der Waals surface area (Å²) in [5, 5.41) is 3.52. The van der Waals surface area contributed by atoms with Gasteiger partial charge in [-0.2, -0.15) is 0 Å². The van der Waals surface area contributed by atoms with E-state index < -0.39 is 0 Å². The first-order valence-corrected chi connectivity index (χ1v) is 7.77. The fourth-order valence-electron chi connectivity index (χ4n) is 3.01. The summed E-state index contributed by atoms with van der Waals surface area (Å²) in [6.45, 7) is 3.02. The first-order chi connectivity index (χ1) is 10.1. The van der Waals surface area contributed by atoms with E-state index in [4.69, 9.17) is 0 Å². The number of hydrogen-bond donors (Lipinski definition) is 1. The van der Waals surface area contributed by atoms with Gasteiger partial charge in [0.15, 0.2) is 0 Å². The average Bonchev–Trinajstić information content (AvgIpc) is 3.28. The van der Waals surface area contributed by atoms with Gasteiger partial charge in [-0.05, 0) is 36.1 Å². The number of rotatable bonds is 5. The molecule has 1 aromatic rings. The molecule has 1 atom stereocenters. The van der Waals surface area contributed by atoms with Crippen molar-refractivity contribution < 1.29 is 9.59 Å². The van der Waals surface area contributed by atoms with Crippen molar-refractivity contribution in [3.63, 3.8) is 0 Å². The highest BCUT2D eigenvalue weighted by atomic mass is 16.2. The number of likely N-dealkylation sites (N-methyl/N-ethyl adjacent to an activating group) is 1. The van der Waals surface area contributed by atoms with E-state index in [-0.39, 0.29) is 11.8 Å². The number of amides is 2. The fraction of sp³-hybridized carbons (Fsp3) is 0.529. The van der Waals surface area contributed by atoms with Gasteiger partial charge in [0.2, 0.25) is 5.91 Å². The van der Waals surface area contributed by atoms with Crippen LogP contribution in [0.1, 0.15) is 53.7 Å². The molecule has 1 aromatic carbocycles. The summed E-state index contributed by atoms with van der Waals surface area (Å²) in [6.07, 6.45) is 4.11. The highest BCUT2D eigenvalue weighted by Crippen LogP contribution is 2.38. The fourth-order valence-corrected chi connectivity index (χ4v) is 3.01. The average molecular weight is 286 g/mol. The van der Waals surface area contributed by atoms with Crippen molar-refractivity contribution in [2.75, 3.05) is 13.6 Å². The summed E-state index contributed by atoms with van der Waals surface area (Å²) in [5.74, 6) is 0.524. The van der Waals surface area contributed by atoms with Crippen LogP contribution in [0.2, 0.25) is 0 Å². The molecule has 3 rings (SSSR count). The molecule has 2 aliphatic rings. The first kappa shape index (κ1) is 14.3. The van der Waals surface area contributed by atoms with Gasteiger partial charge in [0.25, 0.3) is 5.91 Å². The largest absolute Gasteiger partial charge is 0.310 e. The van der Waals surface area contributed by atoms with Crippen molar-refractivity contribution in [3.8, 4) is 0 Å². The van der Waals surface area contributed by atoms with E-state index in [1.54, 1.807) is 7.05 Å². The van der Waals surface area contributed by atoms with Gasteiger partial charge >= 0.3 is 0 Å². The zero-order chi connectivity index (χ0) is 15.0. The van der Waals surface area contributed by atoms with Crippen molar-refractivity contribution in [3.05, 3.63) is 34.9 Å². The Kier molecular flexibility index (Phi) is 3.81. The maximum absolute atomic E-state index is 12.3. The number of nitrogens with zero attached hydrogens (tertiary/aromatic N) is 1. The Morgan fingerprint density at radius 3 is 2.76 bits per heavy atom. The molecule has 0 radical (unpaired) electrons. The smallest absolute Gasteiger partial charge is 0.260 e. The van der Waals surface area contributed by atoms with Crippen molar-refractivity contribution in [2.45, 2.75) is 38.6 Å². The monoisotopic (exact) mass is 286 g/mol. The predicted molar refractivity (Wildman–Crippen MR) is 81.0 cm³/mol. The number of nitrogens with one attached hydrogen (secondary N) is 1. The Morgan fingerprint density at radius 1 is 1.33 bits per heavy atom. The molecule has 1 aliphatic heterocycles. The molecule has 2 amide bonds. The first-order valence-electron chi connectivity index (χ1n) is 7.77. The minimum absolute atomic E-state index is 0.124. The normalized spacial score (nSPS) is 19.6. The molecule has 0 bridgehead atoms. The third kappa shape index (κ3) is 2.86. The number of benzene rings is 1. The molecule has 1 N–H and O–H groups in total. The maximum atomic E-state index is 12.3. The van der Waals surface area contributed by atoms with Gasteiger partial charge in [-0.15, -0.1) is 0 Å². The molecular weight excluding hydrogens is 264 g/mol. The van der Waals surface area contributed by atoms with Crippen molar-refractivity contribution in [1.29, 1.82) is 0 Å². The van der Waals surface area contributed by atoms with E-state index in [0.29, 0.717) is 18.0 Å². The van der Waals surface area contributed by atoms with Crippen LogP contribution in [0.15, 0.2) is 18.2 Å². The molecule has 0 saturated heterocycles. The lowest BCUT2D eigenvalue weighted by molar-refractivity contribution is -0.127. The Morgan fingerprint density at radius 2 is 2.10 bits per heavy atom. The summed E-state index contributed by atoms with van der Waals surface area (Å²) in [7, 11) is 1.56. The maximum Gasteiger partial charge on any atom is 0.260 e. The molecule has 1 unspecified atom stereocenters. The minimum atomic E-state index is -0.176. The SMILES string of the molecule is CCNC(CC1CC1)c1ccc2c(c1)C(=O)N(C)C(=O)C2. The summed E-state index contributed by atoms with van der Waals surface area (Å²) in [4.78, 5) is 25.2. The number of hydrogen-bond acceptors (Lipinski definition) is 3. The summed E-state index contributed by atoms with van der Waals surface area (Å²) in [6, 6.07) is 6.31. The third-order valence-corrected chi connectivity index (χ3v) is 4.50. The molecule has 0 spiro atoms. The molecule has 1 aliphatic carbocycles. The molecule has 4 heteroatoms. The van der Waals surface area contributed by atoms with Crippen LogP contribution >= 0.6 is 0 Å². The molecule has 0 aromatic heterocycles. The van der Waals surface area contributed by atoms with E-state index >= 15 is 0 Å². The van der Waals surface area contributed by atoms with Crippen molar-refractivity contribution >= 4 is 11.8 Å². The second-order valence-electron chi connectivity index (χ2n) is 6.14. The standard InChI is InChI=1S/C17H22N2O2/c1-3-18-15(8-11-4-5-11)13-7-6-12-10-16(20)19(2)17(21)14(12)9-13/h6-7,9,11,15,18H,3-5,8,10H2,1-2H3. The van der Waals surface area contributed by atoms with Crippen LogP contribution in [-0.2, 0) is 11.2 Å². The molecule has 4 nitrogen and oxygen atoms in total. The van der Waals surface area contributed by atoms with Gasteiger partial charge in [0, 0.05) is 18.7 Å². The Bertz CT molecular complexity index is 578. The Hall–Kier alpha value is -1.68. The lowest BCUT2D eigenvalue weighted by Crippen LogP contribution is -2.39.